The topological polar surface area (TPSA) is 77.9 Å². The van der Waals surface area contributed by atoms with Crippen LogP contribution in [0.2, 0.25) is 0 Å². The van der Waals surface area contributed by atoms with Crippen molar-refractivity contribution in [1.29, 1.82) is 0 Å². The van der Waals surface area contributed by atoms with Crippen LogP contribution in [0, 0.1) is 5.92 Å². The molecule has 0 spiro atoms. The SMILES string of the molecule is CC(O)CN1CCN(C(=O)NCc2ccc(OCC3CC3)nc2)CC1C. The van der Waals surface area contributed by atoms with Gasteiger partial charge in [-0.3, -0.25) is 4.90 Å². The maximum Gasteiger partial charge on any atom is 0.317 e. The number of pyridine rings is 1. The maximum absolute atomic E-state index is 12.4. The van der Waals surface area contributed by atoms with Crippen molar-refractivity contribution >= 4 is 6.03 Å². The number of nitrogens with one attached hydrogen (secondary N) is 1. The second kappa shape index (κ2) is 8.68. The van der Waals surface area contributed by atoms with Gasteiger partial charge < -0.3 is 20.1 Å². The number of nitrogens with zero attached hydrogens (tertiary/aromatic N) is 3. The number of aromatic nitrogens is 1. The third-order valence-corrected chi connectivity index (χ3v) is 4.96. The smallest absolute Gasteiger partial charge is 0.317 e. The van der Waals surface area contributed by atoms with Crippen LogP contribution >= 0.6 is 0 Å². The number of amides is 2. The van der Waals surface area contributed by atoms with Gasteiger partial charge in [0, 0.05) is 51.0 Å². The van der Waals surface area contributed by atoms with Crippen LogP contribution in [0.4, 0.5) is 4.79 Å². The minimum Gasteiger partial charge on any atom is -0.477 e. The van der Waals surface area contributed by atoms with Crippen molar-refractivity contribution < 1.29 is 14.6 Å². The first-order chi connectivity index (χ1) is 12.5. The summed E-state index contributed by atoms with van der Waals surface area (Å²) in [5.74, 6) is 1.36. The number of aliphatic hydroxyl groups excluding tert-OH is 1. The Labute approximate surface area is 155 Å². The molecule has 2 fully saturated rings. The lowest BCUT2D eigenvalue weighted by molar-refractivity contribution is 0.0566. The Morgan fingerprint density at radius 2 is 2.23 bits per heavy atom. The van der Waals surface area contributed by atoms with Crippen LogP contribution in [-0.2, 0) is 6.54 Å². The Kier molecular flexibility index (Phi) is 6.32. The molecule has 2 aliphatic rings. The van der Waals surface area contributed by atoms with Crippen molar-refractivity contribution in [2.45, 2.75) is 45.4 Å². The number of carbonyl (C=O) groups is 1. The van der Waals surface area contributed by atoms with Crippen molar-refractivity contribution in [3.63, 3.8) is 0 Å². The quantitative estimate of drug-likeness (QED) is 0.768. The van der Waals surface area contributed by atoms with E-state index in [4.69, 9.17) is 4.74 Å². The van der Waals surface area contributed by atoms with Crippen molar-refractivity contribution in [3.8, 4) is 5.88 Å². The van der Waals surface area contributed by atoms with Gasteiger partial charge >= 0.3 is 6.03 Å². The summed E-state index contributed by atoms with van der Waals surface area (Å²) in [4.78, 5) is 20.8. The van der Waals surface area contributed by atoms with Gasteiger partial charge in [-0.1, -0.05) is 6.07 Å². The number of aliphatic hydroxyl groups is 1. The first kappa shape index (κ1) is 18.9. The summed E-state index contributed by atoms with van der Waals surface area (Å²) in [5.41, 5.74) is 0.956. The number of urea groups is 1. The molecule has 7 nitrogen and oxygen atoms in total. The van der Waals surface area contributed by atoms with Crippen molar-refractivity contribution in [1.82, 2.24) is 20.1 Å². The minimum atomic E-state index is -0.346. The second-order valence-electron chi connectivity index (χ2n) is 7.56. The molecule has 0 bridgehead atoms. The molecular formula is C19H30N4O3. The molecule has 26 heavy (non-hydrogen) atoms. The molecule has 7 heteroatoms. The Hall–Kier alpha value is -1.86. The Morgan fingerprint density at radius 1 is 1.42 bits per heavy atom. The van der Waals surface area contributed by atoms with Crippen LogP contribution in [0.5, 0.6) is 5.88 Å². The van der Waals surface area contributed by atoms with Gasteiger partial charge in [-0.15, -0.1) is 0 Å². The fourth-order valence-corrected chi connectivity index (χ4v) is 3.17. The highest BCUT2D eigenvalue weighted by molar-refractivity contribution is 5.74. The average Bonchev–Trinajstić information content (AvgIpc) is 3.44. The first-order valence-electron chi connectivity index (χ1n) is 9.54. The van der Waals surface area contributed by atoms with Gasteiger partial charge in [-0.2, -0.15) is 0 Å². The zero-order chi connectivity index (χ0) is 18.5. The third-order valence-electron chi connectivity index (χ3n) is 4.96. The standard InChI is InChI=1S/C19H30N4O3/c1-14-11-23(8-7-22(14)12-15(2)24)19(25)21-10-17-5-6-18(20-9-17)26-13-16-3-4-16/h5-6,9,14-16,24H,3-4,7-8,10-13H2,1-2H3,(H,21,25). The van der Waals surface area contributed by atoms with E-state index in [0.29, 0.717) is 38.0 Å². The van der Waals surface area contributed by atoms with Gasteiger partial charge in [0.05, 0.1) is 12.7 Å². The van der Waals surface area contributed by atoms with E-state index in [0.717, 1.165) is 18.7 Å². The fraction of sp³-hybridized carbons (Fsp3) is 0.684. The molecule has 1 saturated heterocycles. The molecule has 144 valence electrons. The van der Waals surface area contributed by atoms with Crippen LogP contribution in [0.15, 0.2) is 18.3 Å². The van der Waals surface area contributed by atoms with E-state index in [1.54, 1.807) is 13.1 Å². The van der Waals surface area contributed by atoms with Gasteiger partial charge in [-0.05, 0) is 38.2 Å². The molecular weight excluding hydrogens is 332 g/mol. The molecule has 3 rings (SSSR count). The maximum atomic E-state index is 12.4. The summed E-state index contributed by atoms with van der Waals surface area (Å²) in [6.07, 6.45) is 3.93. The normalized spacial score (nSPS) is 22.1. The van der Waals surface area contributed by atoms with Crippen molar-refractivity contribution in [3.05, 3.63) is 23.9 Å². The number of piperazine rings is 1. The van der Waals surface area contributed by atoms with Crippen LogP contribution in [0.1, 0.15) is 32.3 Å². The average molecular weight is 362 g/mol. The Morgan fingerprint density at radius 3 is 2.85 bits per heavy atom. The van der Waals surface area contributed by atoms with Gasteiger partial charge in [-0.25, -0.2) is 9.78 Å². The van der Waals surface area contributed by atoms with Crippen LogP contribution < -0.4 is 10.1 Å². The molecule has 2 unspecified atom stereocenters. The summed E-state index contributed by atoms with van der Waals surface area (Å²) in [6, 6.07) is 4.00. The monoisotopic (exact) mass is 362 g/mol. The Bertz CT molecular complexity index is 589. The molecule has 1 saturated carbocycles. The minimum absolute atomic E-state index is 0.0531. The molecule has 2 atom stereocenters. The number of ether oxygens (including phenoxy) is 1. The van der Waals surface area contributed by atoms with Crippen molar-refractivity contribution in [2.24, 2.45) is 5.92 Å². The van der Waals surface area contributed by atoms with E-state index < -0.39 is 0 Å². The zero-order valence-corrected chi connectivity index (χ0v) is 15.7. The van der Waals surface area contributed by atoms with E-state index >= 15 is 0 Å². The predicted molar refractivity (Wildman–Crippen MR) is 99.0 cm³/mol. The van der Waals surface area contributed by atoms with E-state index in [9.17, 15) is 9.90 Å². The first-order valence-corrected chi connectivity index (χ1v) is 9.54. The Balaban J connectivity index is 1.40. The molecule has 1 aromatic heterocycles. The zero-order valence-electron chi connectivity index (χ0n) is 15.7. The molecule has 1 aliphatic carbocycles. The fourth-order valence-electron chi connectivity index (χ4n) is 3.17. The summed E-state index contributed by atoms with van der Waals surface area (Å²) >= 11 is 0. The summed E-state index contributed by atoms with van der Waals surface area (Å²) in [7, 11) is 0. The predicted octanol–water partition coefficient (Wildman–Crippen LogP) is 1.47. The molecule has 2 N–H and O–H groups in total. The van der Waals surface area contributed by atoms with E-state index in [2.05, 4.69) is 22.1 Å². The van der Waals surface area contributed by atoms with Crippen LogP contribution in [0.3, 0.4) is 0 Å². The summed E-state index contributed by atoms with van der Waals surface area (Å²) in [6.45, 7) is 7.87. The highest BCUT2D eigenvalue weighted by atomic mass is 16.5. The third kappa shape index (κ3) is 5.57. The molecule has 2 heterocycles. The van der Waals surface area contributed by atoms with Gasteiger partial charge in [0.2, 0.25) is 5.88 Å². The van der Waals surface area contributed by atoms with Gasteiger partial charge in [0.1, 0.15) is 0 Å². The number of rotatable bonds is 7. The summed E-state index contributed by atoms with van der Waals surface area (Å²) < 4.78 is 5.63. The molecule has 1 aromatic rings. The lowest BCUT2D eigenvalue weighted by atomic mass is 10.2. The van der Waals surface area contributed by atoms with Crippen LogP contribution in [0.25, 0.3) is 0 Å². The molecule has 0 aromatic carbocycles. The van der Waals surface area contributed by atoms with E-state index in [1.807, 2.05) is 17.0 Å². The molecule has 2 amide bonds. The van der Waals surface area contributed by atoms with Crippen LogP contribution in [-0.4, -0.2) is 70.9 Å². The van der Waals surface area contributed by atoms with E-state index in [1.165, 1.54) is 12.8 Å². The number of carbonyl (C=O) groups excluding carboxylic acids is 1. The summed E-state index contributed by atoms with van der Waals surface area (Å²) in [5, 5.41) is 12.5. The highest BCUT2D eigenvalue weighted by Gasteiger charge is 2.27. The lowest BCUT2D eigenvalue weighted by Crippen LogP contribution is -2.56. The lowest BCUT2D eigenvalue weighted by Gasteiger charge is -2.40. The molecule has 1 aliphatic heterocycles. The van der Waals surface area contributed by atoms with E-state index in [-0.39, 0.29) is 18.2 Å². The number of hydrogen-bond donors (Lipinski definition) is 2. The number of hydrogen-bond acceptors (Lipinski definition) is 5. The van der Waals surface area contributed by atoms with Crippen molar-refractivity contribution in [2.75, 3.05) is 32.8 Å². The number of β-amino-alcohol motifs (C(OH)–C–C–N with tert-alkyl or cyclic N) is 1. The molecule has 0 radical (unpaired) electrons. The van der Waals surface area contributed by atoms with Gasteiger partial charge in [0.25, 0.3) is 0 Å². The largest absolute Gasteiger partial charge is 0.477 e. The highest BCUT2D eigenvalue weighted by Crippen LogP contribution is 2.29. The second-order valence-corrected chi connectivity index (χ2v) is 7.56. The van der Waals surface area contributed by atoms with Gasteiger partial charge in [0.15, 0.2) is 0 Å².